The van der Waals surface area contributed by atoms with E-state index in [0.717, 1.165) is 13.1 Å². The van der Waals surface area contributed by atoms with Gasteiger partial charge in [0.1, 0.15) is 13.2 Å². The molecule has 178 valence electrons. The van der Waals surface area contributed by atoms with Crippen LogP contribution in [0.2, 0.25) is 0 Å². The lowest BCUT2D eigenvalue weighted by molar-refractivity contribution is -0.00923. The first-order valence-corrected chi connectivity index (χ1v) is 12.4. The summed E-state index contributed by atoms with van der Waals surface area (Å²) in [5.74, 6) is 0.528. The summed E-state index contributed by atoms with van der Waals surface area (Å²) in [5, 5.41) is 2.95. The van der Waals surface area contributed by atoms with Gasteiger partial charge in [0.15, 0.2) is 11.5 Å². The fourth-order valence-corrected chi connectivity index (χ4v) is 4.93. The van der Waals surface area contributed by atoms with E-state index in [1.165, 1.54) is 12.1 Å². The second kappa shape index (κ2) is 9.58. The monoisotopic (exact) mass is 475 g/mol. The van der Waals surface area contributed by atoms with E-state index in [4.69, 9.17) is 14.2 Å². The van der Waals surface area contributed by atoms with Gasteiger partial charge in [-0.25, -0.2) is 8.42 Å². The van der Waals surface area contributed by atoms with E-state index in [0.29, 0.717) is 44.5 Å². The fourth-order valence-electron chi connectivity index (χ4n) is 3.84. The molecule has 2 N–H and O–H groups in total. The number of carbonyl (C=O) groups excluding carboxylic acids is 1. The largest absolute Gasteiger partial charge is 0.486 e. The van der Waals surface area contributed by atoms with Crippen LogP contribution in [-0.2, 0) is 14.8 Å². The fraction of sp³-hybridized carbons (Fsp3) is 0.435. The molecule has 0 radical (unpaired) electrons. The van der Waals surface area contributed by atoms with E-state index in [-0.39, 0.29) is 27.6 Å². The Bertz CT molecular complexity index is 1110. The van der Waals surface area contributed by atoms with Gasteiger partial charge in [0.2, 0.25) is 0 Å². The van der Waals surface area contributed by atoms with E-state index < -0.39 is 10.0 Å². The number of nitrogens with one attached hydrogen (secondary N) is 2. The topological polar surface area (TPSA) is 106 Å². The molecule has 9 nitrogen and oxygen atoms in total. The second-order valence-electron chi connectivity index (χ2n) is 8.55. The van der Waals surface area contributed by atoms with E-state index in [2.05, 4.69) is 28.8 Å². The predicted octanol–water partition coefficient (Wildman–Crippen LogP) is 2.10. The first-order valence-electron chi connectivity index (χ1n) is 10.9. The number of para-hydroxylation sites is 1. The highest BCUT2D eigenvalue weighted by Gasteiger charge is 2.29. The summed E-state index contributed by atoms with van der Waals surface area (Å²) in [6.07, 6.45) is 0. The minimum absolute atomic E-state index is 0.0235. The highest BCUT2D eigenvalue weighted by molar-refractivity contribution is 7.92. The van der Waals surface area contributed by atoms with Gasteiger partial charge in [0, 0.05) is 31.2 Å². The van der Waals surface area contributed by atoms with Crippen molar-refractivity contribution in [1.82, 2.24) is 10.2 Å². The SMILES string of the molecule is CC(C)(CNC(=O)c1ccccc1NS(=O)(=O)c1ccc2c(c1)OCCO2)N1CCOCC1. The van der Waals surface area contributed by atoms with Crippen LogP contribution in [0.3, 0.4) is 0 Å². The van der Waals surface area contributed by atoms with Crippen LogP contribution in [0, 0.1) is 0 Å². The number of carbonyl (C=O) groups is 1. The average Bonchev–Trinajstić information content (AvgIpc) is 2.83. The van der Waals surface area contributed by atoms with Crippen LogP contribution in [0.4, 0.5) is 5.69 Å². The summed E-state index contributed by atoms with van der Waals surface area (Å²) in [4.78, 5) is 15.3. The minimum Gasteiger partial charge on any atom is -0.486 e. The van der Waals surface area contributed by atoms with Gasteiger partial charge in [-0.2, -0.15) is 0 Å². The van der Waals surface area contributed by atoms with Gasteiger partial charge in [0.25, 0.3) is 15.9 Å². The van der Waals surface area contributed by atoms with Crippen LogP contribution < -0.4 is 19.5 Å². The molecule has 0 aliphatic carbocycles. The zero-order chi connectivity index (χ0) is 23.5. The Labute approximate surface area is 194 Å². The van der Waals surface area contributed by atoms with Gasteiger partial charge in [-0.3, -0.25) is 14.4 Å². The van der Waals surface area contributed by atoms with Crippen molar-refractivity contribution in [3.8, 4) is 11.5 Å². The Morgan fingerprint density at radius 3 is 2.45 bits per heavy atom. The minimum atomic E-state index is -3.95. The van der Waals surface area contributed by atoms with Crippen molar-refractivity contribution in [3.63, 3.8) is 0 Å². The molecule has 0 bridgehead atoms. The third-order valence-electron chi connectivity index (χ3n) is 5.79. The number of hydrogen-bond donors (Lipinski definition) is 2. The molecule has 2 aromatic carbocycles. The number of morpholine rings is 1. The summed E-state index contributed by atoms with van der Waals surface area (Å²) in [6.45, 7) is 8.25. The molecule has 4 rings (SSSR count). The molecule has 33 heavy (non-hydrogen) atoms. The van der Waals surface area contributed by atoms with Crippen LogP contribution in [0.1, 0.15) is 24.2 Å². The molecule has 0 atom stereocenters. The molecule has 10 heteroatoms. The quantitative estimate of drug-likeness (QED) is 0.632. The van der Waals surface area contributed by atoms with Gasteiger partial charge >= 0.3 is 0 Å². The lowest BCUT2D eigenvalue weighted by atomic mass is 10.0. The summed E-state index contributed by atoms with van der Waals surface area (Å²) >= 11 is 0. The number of fused-ring (bicyclic) bond motifs is 1. The van der Waals surface area contributed by atoms with Crippen molar-refractivity contribution < 1.29 is 27.4 Å². The Morgan fingerprint density at radius 2 is 1.70 bits per heavy atom. The molecule has 1 saturated heterocycles. The Kier molecular flexibility index (Phi) is 6.78. The van der Waals surface area contributed by atoms with Crippen molar-refractivity contribution in [2.24, 2.45) is 0 Å². The molecule has 0 unspecified atom stereocenters. The third kappa shape index (κ3) is 5.40. The van der Waals surface area contributed by atoms with Crippen LogP contribution in [0.5, 0.6) is 11.5 Å². The lowest BCUT2D eigenvalue weighted by Gasteiger charge is -2.40. The van der Waals surface area contributed by atoms with Gasteiger partial charge in [-0.15, -0.1) is 0 Å². The Hall–Kier alpha value is -2.82. The van der Waals surface area contributed by atoms with Gasteiger partial charge in [-0.1, -0.05) is 12.1 Å². The van der Waals surface area contributed by atoms with E-state index in [1.54, 1.807) is 30.3 Å². The highest BCUT2D eigenvalue weighted by atomic mass is 32.2. The molecule has 2 aliphatic heterocycles. The molecule has 2 heterocycles. The molecule has 2 aromatic rings. The summed E-state index contributed by atoms with van der Waals surface area (Å²) in [6, 6.07) is 11.0. The number of rotatable bonds is 7. The highest BCUT2D eigenvalue weighted by Crippen LogP contribution is 2.33. The van der Waals surface area contributed by atoms with Crippen LogP contribution in [0.15, 0.2) is 47.4 Å². The average molecular weight is 476 g/mol. The molecule has 1 amide bonds. The maximum absolute atomic E-state index is 13.0. The van der Waals surface area contributed by atoms with Crippen molar-refractivity contribution in [2.75, 3.05) is 50.8 Å². The van der Waals surface area contributed by atoms with E-state index in [9.17, 15) is 13.2 Å². The van der Waals surface area contributed by atoms with E-state index in [1.807, 2.05) is 0 Å². The molecule has 1 fully saturated rings. The molecule has 0 saturated carbocycles. The zero-order valence-corrected chi connectivity index (χ0v) is 19.6. The van der Waals surface area contributed by atoms with Crippen LogP contribution in [-0.4, -0.2) is 70.8 Å². The molecule has 0 aromatic heterocycles. The predicted molar refractivity (Wildman–Crippen MR) is 123 cm³/mol. The van der Waals surface area contributed by atoms with Crippen molar-refractivity contribution in [1.29, 1.82) is 0 Å². The summed E-state index contributed by atoms with van der Waals surface area (Å²) in [5.41, 5.74) is 0.185. The van der Waals surface area contributed by atoms with Gasteiger partial charge in [0.05, 0.1) is 29.4 Å². The smallest absolute Gasteiger partial charge is 0.262 e. The van der Waals surface area contributed by atoms with Crippen molar-refractivity contribution in [2.45, 2.75) is 24.3 Å². The number of amides is 1. The first-order chi connectivity index (χ1) is 15.8. The maximum atomic E-state index is 13.0. The molecular weight excluding hydrogens is 446 g/mol. The third-order valence-corrected chi connectivity index (χ3v) is 7.15. The summed E-state index contributed by atoms with van der Waals surface area (Å²) < 4.78 is 45.0. The summed E-state index contributed by atoms with van der Waals surface area (Å²) in [7, 11) is -3.95. The number of sulfonamides is 1. The normalized spacial score (nSPS) is 16.8. The standard InChI is InChI=1S/C23H29N3O6S/c1-23(2,26-9-11-30-12-10-26)16-24-22(27)18-5-3-4-6-19(18)25-33(28,29)17-7-8-20-21(15-17)32-14-13-31-20/h3-8,15,25H,9-14,16H2,1-2H3,(H,24,27). The number of hydrogen-bond acceptors (Lipinski definition) is 7. The number of anilines is 1. The zero-order valence-electron chi connectivity index (χ0n) is 18.8. The van der Waals surface area contributed by atoms with Crippen molar-refractivity contribution >= 4 is 21.6 Å². The number of benzene rings is 2. The maximum Gasteiger partial charge on any atom is 0.262 e. The van der Waals surface area contributed by atoms with Crippen molar-refractivity contribution in [3.05, 3.63) is 48.0 Å². The molecule has 0 spiro atoms. The number of ether oxygens (including phenoxy) is 3. The number of nitrogens with zero attached hydrogens (tertiary/aromatic N) is 1. The van der Waals surface area contributed by atoms with E-state index >= 15 is 0 Å². The second-order valence-corrected chi connectivity index (χ2v) is 10.2. The lowest BCUT2D eigenvalue weighted by Crippen LogP contribution is -2.55. The first kappa shape index (κ1) is 23.3. The Morgan fingerprint density at radius 1 is 1.00 bits per heavy atom. The molecule has 2 aliphatic rings. The van der Waals surface area contributed by atoms with Crippen LogP contribution >= 0.6 is 0 Å². The van der Waals surface area contributed by atoms with Crippen LogP contribution in [0.25, 0.3) is 0 Å². The molecular formula is C23H29N3O6S. The Balaban J connectivity index is 1.48. The van der Waals surface area contributed by atoms with Gasteiger partial charge < -0.3 is 19.5 Å². The van der Waals surface area contributed by atoms with Gasteiger partial charge in [-0.05, 0) is 38.1 Å².